The third-order valence-electron chi connectivity index (χ3n) is 2.63. The number of nitriles is 2. The highest BCUT2D eigenvalue weighted by atomic mass is 14.3. The van der Waals surface area contributed by atoms with E-state index in [4.69, 9.17) is 10.5 Å². The minimum atomic E-state index is 0.592. The molecule has 2 nitrogen and oxygen atoms in total. The summed E-state index contributed by atoms with van der Waals surface area (Å²) in [7, 11) is 0. The van der Waals surface area contributed by atoms with E-state index >= 15 is 0 Å². The van der Waals surface area contributed by atoms with Gasteiger partial charge in [0.2, 0.25) is 0 Å². The van der Waals surface area contributed by atoms with Crippen molar-refractivity contribution in [2.24, 2.45) is 0 Å². The molecular formula is C15H10N2. The van der Waals surface area contributed by atoms with Crippen LogP contribution in [0.1, 0.15) is 16.7 Å². The normalized spacial score (nSPS) is 9.35. The van der Waals surface area contributed by atoms with Crippen molar-refractivity contribution in [3.8, 4) is 23.3 Å². The van der Waals surface area contributed by atoms with Crippen molar-refractivity contribution >= 4 is 0 Å². The quantitative estimate of drug-likeness (QED) is 0.736. The van der Waals surface area contributed by atoms with Gasteiger partial charge in [0.1, 0.15) is 0 Å². The van der Waals surface area contributed by atoms with Gasteiger partial charge in [-0.25, -0.2) is 0 Å². The van der Waals surface area contributed by atoms with Crippen LogP contribution in [0.4, 0.5) is 0 Å². The zero-order valence-electron chi connectivity index (χ0n) is 9.44. The summed E-state index contributed by atoms with van der Waals surface area (Å²) in [6.45, 7) is 1.97. The average molecular weight is 218 g/mol. The van der Waals surface area contributed by atoms with E-state index in [-0.39, 0.29) is 0 Å². The van der Waals surface area contributed by atoms with E-state index in [1.165, 1.54) is 0 Å². The highest BCUT2D eigenvalue weighted by Gasteiger charge is 2.08. The number of nitrogens with zero attached hydrogens (tertiary/aromatic N) is 2. The molecule has 0 aliphatic heterocycles. The number of hydrogen-bond donors (Lipinski definition) is 0. The highest BCUT2D eigenvalue weighted by Crippen LogP contribution is 2.27. The molecule has 0 saturated heterocycles. The van der Waals surface area contributed by atoms with Crippen LogP contribution in [0, 0.1) is 29.6 Å². The predicted octanol–water partition coefficient (Wildman–Crippen LogP) is 3.41. The van der Waals surface area contributed by atoms with E-state index in [2.05, 4.69) is 12.1 Å². The van der Waals surface area contributed by atoms with Crippen molar-refractivity contribution in [2.75, 3.05) is 0 Å². The SMILES string of the molecule is Cc1ccc(C#N)c(-c2ccccc2C#N)c1. The van der Waals surface area contributed by atoms with Crippen LogP contribution in [0.25, 0.3) is 11.1 Å². The minimum absolute atomic E-state index is 0.592. The van der Waals surface area contributed by atoms with Crippen molar-refractivity contribution in [3.63, 3.8) is 0 Å². The van der Waals surface area contributed by atoms with Crippen molar-refractivity contribution in [3.05, 3.63) is 59.2 Å². The van der Waals surface area contributed by atoms with E-state index < -0.39 is 0 Å². The van der Waals surface area contributed by atoms with Crippen LogP contribution in [-0.2, 0) is 0 Å². The van der Waals surface area contributed by atoms with Crippen molar-refractivity contribution in [2.45, 2.75) is 6.92 Å². The lowest BCUT2D eigenvalue weighted by Gasteiger charge is -2.07. The Bertz CT molecular complexity index is 643. The van der Waals surface area contributed by atoms with Gasteiger partial charge in [0.15, 0.2) is 0 Å². The zero-order valence-corrected chi connectivity index (χ0v) is 9.44. The molecule has 17 heavy (non-hydrogen) atoms. The standard InChI is InChI=1S/C15H10N2/c1-11-6-7-13(10-17)15(8-11)14-5-3-2-4-12(14)9-16/h2-8H,1H3. The van der Waals surface area contributed by atoms with E-state index in [0.717, 1.165) is 16.7 Å². The van der Waals surface area contributed by atoms with Gasteiger partial charge >= 0.3 is 0 Å². The molecule has 0 spiro atoms. The number of hydrogen-bond acceptors (Lipinski definition) is 2. The molecule has 0 atom stereocenters. The molecule has 2 aromatic carbocycles. The Hall–Kier alpha value is -2.58. The second-order valence-electron chi connectivity index (χ2n) is 3.82. The Kier molecular flexibility index (Phi) is 2.90. The first-order valence-corrected chi connectivity index (χ1v) is 5.26. The smallest absolute Gasteiger partial charge is 0.0998 e. The summed E-state index contributed by atoms with van der Waals surface area (Å²) in [4.78, 5) is 0. The van der Waals surface area contributed by atoms with Crippen LogP contribution in [0.2, 0.25) is 0 Å². The molecule has 0 N–H and O–H groups in total. The van der Waals surface area contributed by atoms with Crippen molar-refractivity contribution < 1.29 is 0 Å². The molecule has 0 aliphatic carbocycles. The highest BCUT2D eigenvalue weighted by molar-refractivity contribution is 5.76. The molecule has 2 aromatic rings. The first-order chi connectivity index (χ1) is 8.26. The number of aryl methyl sites for hydroxylation is 1. The first kappa shape index (κ1) is 10.9. The minimum Gasteiger partial charge on any atom is -0.192 e. The fourth-order valence-electron chi connectivity index (χ4n) is 1.79. The van der Waals surface area contributed by atoms with E-state index in [1.807, 2.05) is 37.3 Å². The van der Waals surface area contributed by atoms with Gasteiger partial charge in [-0.15, -0.1) is 0 Å². The summed E-state index contributed by atoms with van der Waals surface area (Å²) in [6.07, 6.45) is 0. The molecule has 80 valence electrons. The van der Waals surface area contributed by atoms with Crippen LogP contribution in [0.3, 0.4) is 0 Å². The lowest BCUT2D eigenvalue weighted by molar-refractivity contribution is 1.41. The predicted molar refractivity (Wildman–Crippen MR) is 66.0 cm³/mol. The molecule has 0 fully saturated rings. The van der Waals surface area contributed by atoms with Crippen LogP contribution in [0.15, 0.2) is 42.5 Å². The topological polar surface area (TPSA) is 47.6 Å². The Balaban J connectivity index is 2.73. The molecule has 0 aliphatic rings. The lowest BCUT2D eigenvalue weighted by Crippen LogP contribution is -1.89. The second kappa shape index (κ2) is 4.51. The zero-order chi connectivity index (χ0) is 12.3. The number of benzene rings is 2. The van der Waals surface area contributed by atoms with E-state index in [9.17, 15) is 0 Å². The fourth-order valence-corrected chi connectivity index (χ4v) is 1.79. The van der Waals surface area contributed by atoms with Crippen LogP contribution in [-0.4, -0.2) is 0 Å². The Labute approximate surface area is 100 Å². The van der Waals surface area contributed by atoms with Crippen LogP contribution < -0.4 is 0 Å². The van der Waals surface area contributed by atoms with Crippen LogP contribution >= 0.6 is 0 Å². The average Bonchev–Trinajstić information content (AvgIpc) is 2.38. The van der Waals surface area contributed by atoms with E-state index in [1.54, 1.807) is 12.1 Å². The fraction of sp³-hybridized carbons (Fsp3) is 0.0667. The lowest BCUT2D eigenvalue weighted by atomic mass is 9.95. The molecule has 2 rings (SSSR count). The molecule has 2 heteroatoms. The van der Waals surface area contributed by atoms with E-state index in [0.29, 0.717) is 11.1 Å². The van der Waals surface area contributed by atoms with Gasteiger partial charge < -0.3 is 0 Å². The molecule has 0 bridgehead atoms. The largest absolute Gasteiger partial charge is 0.192 e. The van der Waals surface area contributed by atoms with Crippen molar-refractivity contribution in [1.82, 2.24) is 0 Å². The van der Waals surface area contributed by atoms with Gasteiger partial charge in [-0.3, -0.25) is 0 Å². The Morgan fingerprint density at radius 1 is 0.824 bits per heavy atom. The van der Waals surface area contributed by atoms with Gasteiger partial charge in [-0.1, -0.05) is 35.9 Å². The third-order valence-corrected chi connectivity index (χ3v) is 2.63. The second-order valence-corrected chi connectivity index (χ2v) is 3.82. The molecule has 0 heterocycles. The molecule has 0 saturated carbocycles. The summed E-state index contributed by atoms with van der Waals surface area (Å²) in [5.41, 5.74) is 3.90. The summed E-state index contributed by atoms with van der Waals surface area (Å²) in [6, 6.07) is 17.3. The summed E-state index contributed by atoms with van der Waals surface area (Å²) in [5, 5.41) is 18.2. The third kappa shape index (κ3) is 2.02. The summed E-state index contributed by atoms with van der Waals surface area (Å²) in [5.74, 6) is 0. The molecule has 0 amide bonds. The maximum absolute atomic E-state index is 9.10. The molecule has 0 radical (unpaired) electrons. The first-order valence-electron chi connectivity index (χ1n) is 5.26. The van der Waals surface area contributed by atoms with Crippen LogP contribution in [0.5, 0.6) is 0 Å². The Morgan fingerprint density at radius 3 is 2.18 bits per heavy atom. The van der Waals surface area contributed by atoms with Gasteiger partial charge in [-0.05, 0) is 19.1 Å². The van der Waals surface area contributed by atoms with Gasteiger partial charge in [-0.2, -0.15) is 10.5 Å². The molecule has 0 aromatic heterocycles. The Morgan fingerprint density at radius 2 is 1.47 bits per heavy atom. The van der Waals surface area contributed by atoms with Crippen molar-refractivity contribution in [1.29, 1.82) is 10.5 Å². The van der Waals surface area contributed by atoms with Gasteiger partial charge in [0.25, 0.3) is 0 Å². The van der Waals surface area contributed by atoms with Gasteiger partial charge in [0.05, 0.1) is 23.3 Å². The monoisotopic (exact) mass is 218 g/mol. The summed E-state index contributed by atoms with van der Waals surface area (Å²) < 4.78 is 0. The number of rotatable bonds is 1. The van der Waals surface area contributed by atoms with Gasteiger partial charge in [0, 0.05) is 11.1 Å². The summed E-state index contributed by atoms with van der Waals surface area (Å²) >= 11 is 0. The molecular weight excluding hydrogens is 208 g/mol. The molecule has 0 unspecified atom stereocenters. The maximum Gasteiger partial charge on any atom is 0.0998 e. The maximum atomic E-state index is 9.10.